The number of carbonyl (C=O) groups excluding carboxylic acids is 1. The first-order valence-electron chi connectivity index (χ1n) is 9.14. The largest absolute Gasteiger partial charge is 0.351 e. The summed E-state index contributed by atoms with van der Waals surface area (Å²) in [6, 6.07) is 13.2. The van der Waals surface area contributed by atoms with Gasteiger partial charge in [0.2, 0.25) is 5.91 Å². The van der Waals surface area contributed by atoms with Crippen molar-refractivity contribution in [2.45, 2.75) is 38.0 Å². The van der Waals surface area contributed by atoms with Crippen molar-refractivity contribution in [2.24, 2.45) is 0 Å². The molecule has 1 atom stereocenters. The summed E-state index contributed by atoms with van der Waals surface area (Å²) in [7, 11) is 0. The van der Waals surface area contributed by atoms with Crippen molar-refractivity contribution < 1.29 is 9.18 Å². The fraction of sp³-hybridized carbons (Fsp3) is 0.286. The molecule has 0 saturated heterocycles. The van der Waals surface area contributed by atoms with Gasteiger partial charge in [-0.05, 0) is 43.2 Å². The molecule has 7 heteroatoms. The molecule has 3 aromatic rings. The third-order valence-corrected chi connectivity index (χ3v) is 5.50. The van der Waals surface area contributed by atoms with E-state index in [0.717, 1.165) is 12.0 Å². The maximum atomic E-state index is 12.9. The monoisotopic (exact) mass is 399 g/mol. The Balaban J connectivity index is 1.74. The topological polar surface area (TPSA) is 64.0 Å². The van der Waals surface area contributed by atoms with Crippen LogP contribution in [-0.2, 0) is 11.3 Å². The number of nitrogens with one attached hydrogen (secondary N) is 1. The van der Waals surface area contributed by atoms with Gasteiger partial charge in [0.25, 0.3) is 5.56 Å². The summed E-state index contributed by atoms with van der Waals surface area (Å²) < 4.78 is 14.6. The van der Waals surface area contributed by atoms with Crippen molar-refractivity contribution in [2.75, 3.05) is 5.75 Å². The number of nitrogens with zero attached hydrogens (tertiary/aromatic N) is 2. The molecule has 1 N–H and O–H groups in total. The number of thioether (sulfide) groups is 1. The average molecular weight is 399 g/mol. The zero-order valence-corrected chi connectivity index (χ0v) is 16.6. The third kappa shape index (κ3) is 4.59. The summed E-state index contributed by atoms with van der Waals surface area (Å²) in [5.41, 5.74) is 1.36. The molecule has 1 amide bonds. The summed E-state index contributed by atoms with van der Waals surface area (Å²) in [4.78, 5) is 29.8. The van der Waals surface area contributed by atoms with E-state index in [1.54, 1.807) is 28.8 Å². The summed E-state index contributed by atoms with van der Waals surface area (Å²) >= 11 is 1.25. The molecule has 0 aliphatic rings. The lowest BCUT2D eigenvalue weighted by Gasteiger charge is -2.18. The second-order valence-corrected chi connectivity index (χ2v) is 7.48. The summed E-state index contributed by atoms with van der Waals surface area (Å²) in [6.07, 6.45) is 0.782. The van der Waals surface area contributed by atoms with Gasteiger partial charge in [0, 0.05) is 12.6 Å². The van der Waals surface area contributed by atoms with Crippen molar-refractivity contribution in [3.63, 3.8) is 0 Å². The van der Waals surface area contributed by atoms with Crippen LogP contribution in [-0.4, -0.2) is 21.2 Å². The molecule has 1 aromatic heterocycles. The number of carbonyl (C=O) groups is 1. The highest BCUT2D eigenvalue weighted by Gasteiger charge is 2.16. The number of para-hydroxylation sites is 1. The second-order valence-electron chi connectivity index (χ2n) is 6.54. The number of hydrogen-bond donors (Lipinski definition) is 1. The van der Waals surface area contributed by atoms with Gasteiger partial charge in [-0.1, -0.05) is 43.0 Å². The minimum absolute atomic E-state index is 0.0191. The van der Waals surface area contributed by atoms with Gasteiger partial charge in [-0.25, -0.2) is 9.37 Å². The van der Waals surface area contributed by atoms with Crippen LogP contribution in [0.15, 0.2) is 58.5 Å². The van der Waals surface area contributed by atoms with Crippen molar-refractivity contribution in [1.82, 2.24) is 14.9 Å². The van der Waals surface area contributed by atoms with Crippen LogP contribution in [0.1, 0.15) is 31.9 Å². The molecule has 0 fully saturated rings. The third-order valence-electron chi connectivity index (χ3n) is 4.54. The number of benzene rings is 2. The van der Waals surface area contributed by atoms with E-state index in [9.17, 15) is 14.0 Å². The van der Waals surface area contributed by atoms with E-state index >= 15 is 0 Å². The van der Waals surface area contributed by atoms with Crippen LogP contribution in [0, 0.1) is 5.82 Å². The molecule has 3 rings (SSSR count). The highest BCUT2D eigenvalue weighted by atomic mass is 32.2. The molecular weight excluding hydrogens is 377 g/mol. The molecule has 28 heavy (non-hydrogen) atoms. The lowest BCUT2D eigenvalue weighted by Crippen LogP contribution is -2.28. The number of fused-ring (bicyclic) bond motifs is 1. The van der Waals surface area contributed by atoms with E-state index in [1.165, 1.54) is 23.9 Å². The Bertz CT molecular complexity index is 1030. The molecule has 0 bridgehead atoms. The highest BCUT2D eigenvalue weighted by molar-refractivity contribution is 7.99. The number of hydrogen-bond acceptors (Lipinski definition) is 4. The molecule has 0 spiro atoms. The van der Waals surface area contributed by atoms with E-state index in [2.05, 4.69) is 10.3 Å². The highest BCUT2D eigenvalue weighted by Crippen LogP contribution is 2.22. The molecule has 0 saturated carbocycles. The summed E-state index contributed by atoms with van der Waals surface area (Å²) in [5.74, 6) is -0.342. The zero-order chi connectivity index (χ0) is 20.1. The number of halogens is 1. The molecule has 0 aliphatic heterocycles. The van der Waals surface area contributed by atoms with Crippen LogP contribution in [0.5, 0.6) is 0 Å². The zero-order valence-electron chi connectivity index (χ0n) is 15.8. The first-order valence-corrected chi connectivity index (χ1v) is 10.1. The Morgan fingerprint density at radius 3 is 2.64 bits per heavy atom. The number of rotatable bonds is 7. The van der Waals surface area contributed by atoms with Crippen LogP contribution in [0.2, 0.25) is 0 Å². The smallest absolute Gasteiger partial charge is 0.262 e. The van der Waals surface area contributed by atoms with Crippen molar-refractivity contribution in [3.8, 4) is 0 Å². The fourth-order valence-corrected chi connectivity index (χ4v) is 3.71. The fourth-order valence-electron chi connectivity index (χ4n) is 2.78. The van der Waals surface area contributed by atoms with E-state index in [1.807, 2.05) is 26.0 Å². The Morgan fingerprint density at radius 2 is 1.93 bits per heavy atom. The molecule has 0 radical (unpaired) electrons. The maximum Gasteiger partial charge on any atom is 0.262 e. The predicted octanol–water partition coefficient (Wildman–Crippen LogP) is 3.92. The Morgan fingerprint density at radius 1 is 1.21 bits per heavy atom. The van der Waals surface area contributed by atoms with Crippen LogP contribution in [0.4, 0.5) is 4.39 Å². The van der Waals surface area contributed by atoms with E-state index < -0.39 is 0 Å². The SMILES string of the molecule is CC[C@H](C)n1c(SCC(=O)NCc2ccc(F)cc2)nc2ccccc2c1=O. The van der Waals surface area contributed by atoms with E-state index in [0.29, 0.717) is 22.6 Å². The van der Waals surface area contributed by atoms with Crippen LogP contribution in [0.3, 0.4) is 0 Å². The van der Waals surface area contributed by atoms with Crippen LogP contribution >= 0.6 is 11.8 Å². The average Bonchev–Trinajstić information content (AvgIpc) is 2.71. The van der Waals surface area contributed by atoms with Gasteiger partial charge < -0.3 is 5.32 Å². The van der Waals surface area contributed by atoms with Crippen molar-refractivity contribution in [1.29, 1.82) is 0 Å². The molecule has 2 aromatic carbocycles. The normalized spacial score (nSPS) is 12.1. The molecule has 0 aliphatic carbocycles. The lowest BCUT2D eigenvalue weighted by molar-refractivity contribution is -0.118. The van der Waals surface area contributed by atoms with Gasteiger partial charge in [-0.2, -0.15) is 0 Å². The Labute approximate surface area is 167 Å². The lowest BCUT2D eigenvalue weighted by atomic mass is 10.2. The van der Waals surface area contributed by atoms with Gasteiger partial charge in [-0.15, -0.1) is 0 Å². The first kappa shape index (κ1) is 20.1. The Kier molecular flexibility index (Phi) is 6.46. The maximum absolute atomic E-state index is 12.9. The minimum atomic E-state index is -0.309. The van der Waals surface area contributed by atoms with E-state index in [-0.39, 0.29) is 29.1 Å². The number of amides is 1. The molecule has 0 unspecified atom stereocenters. The van der Waals surface area contributed by atoms with Gasteiger partial charge in [0.1, 0.15) is 5.82 Å². The van der Waals surface area contributed by atoms with Crippen molar-refractivity contribution in [3.05, 3.63) is 70.3 Å². The quantitative estimate of drug-likeness (QED) is 0.483. The second kappa shape index (κ2) is 9.01. The first-order chi connectivity index (χ1) is 13.5. The van der Waals surface area contributed by atoms with Gasteiger partial charge >= 0.3 is 0 Å². The van der Waals surface area contributed by atoms with E-state index in [4.69, 9.17) is 0 Å². The molecule has 1 heterocycles. The minimum Gasteiger partial charge on any atom is -0.351 e. The molecule has 5 nitrogen and oxygen atoms in total. The van der Waals surface area contributed by atoms with Gasteiger partial charge in [0.15, 0.2) is 5.16 Å². The number of aromatic nitrogens is 2. The molecular formula is C21H22FN3O2S. The summed E-state index contributed by atoms with van der Waals surface area (Å²) in [5, 5.41) is 3.92. The summed E-state index contributed by atoms with van der Waals surface area (Å²) in [6.45, 7) is 4.30. The van der Waals surface area contributed by atoms with Crippen LogP contribution in [0.25, 0.3) is 10.9 Å². The van der Waals surface area contributed by atoms with Crippen molar-refractivity contribution >= 4 is 28.6 Å². The predicted molar refractivity (Wildman–Crippen MR) is 110 cm³/mol. The van der Waals surface area contributed by atoms with Gasteiger partial charge in [0.05, 0.1) is 16.7 Å². The standard InChI is InChI=1S/C21H22FN3O2S/c1-3-14(2)25-20(27)17-6-4-5-7-18(17)24-21(25)28-13-19(26)23-12-15-8-10-16(22)11-9-15/h4-11,14H,3,12-13H2,1-2H3,(H,23,26)/t14-/m0/s1. The Hall–Kier alpha value is -2.67. The van der Waals surface area contributed by atoms with Gasteiger partial charge in [-0.3, -0.25) is 14.2 Å². The van der Waals surface area contributed by atoms with Crippen LogP contribution < -0.4 is 10.9 Å². The molecule has 146 valence electrons.